The largest absolute Gasteiger partial charge is 0.387 e. The molecule has 1 aromatic rings. The van der Waals surface area contributed by atoms with Gasteiger partial charge in [0.15, 0.2) is 0 Å². The zero-order chi connectivity index (χ0) is 13.1. The zero-order valence-electron chi connectivity index (χ0n) is 10.3. The number of methoxy groups -OCH3 is 1. The molecule has 96 valence electrons. The van der Waals surface area contributed by atoms with Crippen molar-refractivity contribution >= 4 is 23.2 Å². The summed E-state index contributed by atoms with van der Waals surface area (Å²) in [5, 5.41) is 11.5. The molecule has 0 heterocycles. The molecule has 0 bridgehead atoms. The summed E-state index contributed by atoms with van der Waals surface area (Å²) in [5.41, 5.74) is -0.0873. The molecule has 1 N–H and O–H groups in total. The Labute approximate surface area is 113 Å². The Bertz CT molecular complexity index is 380. The summed E-state index contributed by atoms with van der Waals surface area (Å²) in [6.07, 6.45) is 0.428. The standard InChI is InChI=1S/C13H18Cl2O2/c1-9(2)13(16,8-17-3)7-10-5-4-6-11(14)12(10)15/h4-6,9,16H,7-8H2,1-3H3. The van der Waals surface area contributed by atoms with Crippen LogP contribution >= 0.6 is 23.2 Å². The molecule has 2 nitrogen and oxygen atoms in total. The van der Waals surface area contributed by atoms with Crippen molar-refractivity contribution < 1.29 is 9.84 Å². The summed E-state index contributed by atoms with van der Waals surface area (Å²) < 4.78 is 5.08. The lowest BCUT2D eigenvalue weighted by molar-refractivity contribution is -0.0637. The molecule has 0 aliphatic carbocycles. The lowest BCUT2D eigenvalue weighted by atomic mass is 9.85. The lowest BCUT2D eigenvalue weighted by Crippen LogP contribution is -2.42. The van der Waals surface area contributed by atoms with E-state index in [1.165, 1.54) is 0 Å². The van der Waals surface area contributed by atoms with E-state index in [1.54, 1.807) is 13.2 Å². The van der Waals surface area contributed by atoms with Gasteiger partial charge in [-0.05, 0) is 17.5 Å². The van der Waals surface area contributed by atoms with Crippen molar-refractivity contribution in [3.8, 4) is 0 Å². The molecular weight excluding hydrogens is 259 g/mol. The van der Waals surface area contributed by atoms with Gasteiger partial charge in [-0.2, -0.15) is 0 Å². The molecule has 1 atom stereocenters. The fraction of sp³-hybridized carbons (Fsp3) is 0.538. The molecular formula is C13H18Cl2O2. The van der Waals surface area contributed by atoms with Crippen molar-refractivity contribution in [2.45, 2.75) is 25.9 Å². The smallest absolute Gasteiger partial charge is 0.0943 e. The highest BCUT2D eigenvalue weighted by molar-refractivity contribution is 6.42. The normalized spacial score (nSPS) is 15.0. The van der Waals surface area contributed by atoms with Crippen LogP contribution < -0.4 is 0 Å². The number of rotatable bonds is 5. The molecule has 0 radical (unpaired) electrons. The minimum Gasteiger partial charge on any atom is -0.387 e. The average Bonchev–Trinajstić information content (AvgIpc) is 2.25. The summed E-state index contributed by atoms with van der Waals surface area (Å²) >= 11 is 12.1. The van der Waals surface area contributed by atoms with Gasteiger partial charge in [0.05, 0.1) is 22.3 Å². The second-order valence-corrected chi connectivity index (χ2v) is 5.37. The molecule has 17 heavy (non-hydrogen) atoms. The summed E-state index contributed by atoms with van der Waals surface area (Å²) in [7, 11) is 1.58. The maximum atomic E-state index is 10.5. The monoisotopic (exact) mass is 276 g/mol. The van der Waals surface area contributed by atoms with E-state index in [4.69, 9.17) is 27.9 Å². The van der Waals surface area contributed by atoms with E-state index >= 15 is 0 Å². The van der Waals surface area contributed by atoms with Gasteiger partial charge >= 0.3 is 0 Å². The summed E-state index contributed by atoms with van der Waals surface area (Å²) in [6, 6.07) is 5.44. The van der Waals surface area contributed by atoms with Crippen molar-refractivity contribution in [2.75, 3.05) is 13.7 Å². The molecule has 0 spiro atoms. The minimum atomic E-state index is -0.928. The Morgan fingerprint density at radius 1 is 1.35 bits per heavy atom. The Balaban J connectivity index is 2.98. The molecule has 0 amide bonds. The quantitative estimate of drug-likeness (QED) is 0.891. The SMILES string of the molecule is COCC(O)(Cc1cccc(Cl)c1Cl)C(C)C. The first kappa shape index (κ1) is 14.8. The molecule has 0 aliphatic heterocycles. The zero-order valence-corrected chi connectivity index (χ0v) is 11.8. The van der Waals surface area contributed by atoms with Crippen LogP contribution in [0.3, 0.4) is 0 Å². The van der Waals surface area contributed by atoms with Crippen LogP contribution in [-0.4, -0.2) is 24.4 Å². The number of hydrogen-bond donors (Lipinski definition) is 1. The molecule has 0 aromatic heterocycles. The predicted molar refractivity (Wildman–Crippen MR) is 71.8 cm³/mol. The van der Waals surface area contributed by atoms with Crippen LogP contribution in [-0.2, 0) is 11.2 Å². The van der Waals surface area contributed by atoms with E-state index in [0.717, 1.165) is 5.56 Å². The van der Waals surface area contributed by atoms with E-state index in [0.29, 0.717) is 16.5 Å². The minimum absolute atomic E-state index is 0.0671. The van der Waals surface area contributed by atoms with Crippen LogP contribution in [0.15, 0.2) is 18.2 Å². The van der Waals surface area contributed by atoms with Crippen LogP contribution in [0, 0.1) is 5.92 Å². The highest BCUT2D eigenvalue weighted by Gasteiger charge is 2.32. The highest BCUT2D eigenvalue weighted by Crippen LogP contribution is 2.31. The molecule has 0 fully saturated rings. The summed E-state index contributed by atoms with van der Waals surface area (Å²) in [5.74, 6) is 0.0671. The van der Waals surface area contributed by atoms with Gasteiger partial charge in [-0.1, -0.05) is 49.2 Å². The van der Waals surface area contributed by atoms with Crippen LogP contribution in [0.1, 0.15) is 19.4 Å². The molecule has 4 heteroatoms. The van der Waals surface area contributed by atoms with Crippen LogP contribution in [0.4, 0.5) is 0 Å². The second kappa shape index (κ2) is 6.05. The predicted octanol–water partition coefficient (Wildman–Crippen LogP) is 3.57. The third kappa shape index (κ3) is 3.59. The molecule has 0 aliphatic rings. The topological polar surface area (TPSA) is 29.5 Å². The van der Waals surface area contributed by atoms with E-state index in [9.17, 15) is 5.11 Å². The van der Waals surface area contributed by atoms with Gasteiger partial charge in [0.25, 0.3) is 0 Å². The van der Waals surface area contributed by atoms with Gasteiger partial charge in [0.1, 0.15) is 0 Å². The Morgan fingerprint density at radius 3 is 2.53 bits per heavy atom. The third-order valence-corrected chi connectivity index (χ3v) is 3.86. The Morgan fingerprint density at radius 2 is 2.00 bits per heavy atom. The fourth-order valence-electron chi connectivity index (χ4n) is 1.69. The molecule has 0 saturated carbocycles. The Hall–Kier alpha value is -0.280. The van der Waals surface area contributed by atoms with Gasteiger partial charge in [-0.25, -0.2) is 0 Å². The van der Waals surface area contributed by atoms with Crippen molar-refractivity contribution in [1.29, 1.82) is 0 Å². The number of halogens is 2. The van der Waals surface area contributed by atoms with Gasteiger partial charge in [-0.15, -0.1) is 0 Å². The first-order valence-corrected chi connectivity index (χ1v) is 6.30. The molecule has 1 unspecified atom stereocenters. The fourth-order valence-corrected chi connectivity index (χ4v) is 2.07. The van der Waals surface area contributed by atoms with Crippen LogP contribution in [0.5, 0.6) is 0 Å². The van der Waals surface area contributed by atoms with Crippen LogP contribution in [0.2, 0.25) is 10.0 Å². The van der Waals surface area contributed by atoms with E-state index < -0.39 is 5.60 Å². The van der Waals surface area contributed by atoms with Crippen molar-refractivity contribution in [2.24, 2.45) is 5.92 Å². The first-order chi connectivity index (χ1) is 7.90. The first-order valence-electron chi connectivity index (χ1n) is 5.55. The van der Waals surface area contributed by atoms with E-state index in [-0.39, 0.29) is 12.5 Å². The van der Waals surface area contributed by atoms with Gasteiger partial charge in [0, 0.05) is 13.5 Å². The highest BCUT2D eigenvalue weighted by atomic mass is 35.5. The van der Waals surface area contributed by atoms with Crippen molar-refractivity contribution in [3.05, 3.63) is 33.8 Å². The van der Waals surface area contributed by atoms with Gasteiger partial charge in [-0.3, -0.25) is 0 Å². The maximum Gasteiger partial charge on any atom is 0.0943 e. The Kier molecular flexibility index (Phi) is 5.26. The molecule has 1 aromatic carbocycles. The van der Waals surface area contributed by atoms with E-state index in [2.05, 4.69) is 0 Å². The van der Waals surface area contributed by atoms with E-state index in [1.807, 2.05) is 26.0 Å². The summed E-state index contributed by atoms with van der Waals surface area (Å²) in [6.45, 7) is 4.18. The van der Waals surface area contributed by atoms with Crippen LogP contribution in [0.25, 0.3) is 0 Å². The number of benzene rings is 1. The van der Waals surface area contributed by atoms with Crippen molar-refractivity contribution in [1.82, 2.24) is 0 Å². The van der Waals surface area contributed by atoms with Gasteiger partial charge in [0.2, 0.25) is 0 Å². The van der Waals surface area contributed by atoms with Crippen molar-refractivity contribution in [3.63, 3.8) is 0 Å². The third-order valence-electron chi connectivity index (χ3n) is 3.00. The van der Waals surface area contributed by atoms with Gasteiger partial charge < -0.3 is 9.84 Å². The number of ether oxygens (including phenoxy) is 1. The second-order valence-electron chi connectivity index (χ2n) is 4.58. The maximum absolute atomic E-state index is 10.5. The average molecular weight is 277 g/mol. The lowest BCUT2D eigenvalue weighted by Gasteiger charge is -2.32. The number of hydrogen-bond acceptors (Lipinski definition) is 2. The summed E-state index contributed by atoms with van der Waals surface area (Å²) in [4.78, 5) is 0. The number of aliphatic hydroxyl groups is 1. The molecule has 1 rings (SSSR count). The molecule has 0 saturated heterocycles.